The highest BCUT2D eigenvalue weighted by Gasteiger charge is 2.27. The topological polar surface area (TPSA) is 71.6 Å². The molecule has 104 valence electrons. The van der Waals surface area contributed by atoms with Crippen molar-refractivity contribution in [1.29, 1.82) is 5.26 Å². The summed E-state index contributed by atoms with van der Waals surface area (Å²) in [6.07, 6.45) is 0. The Morgan fingerprint density at radius 3 is 2.81 bits per heavy atom. The average Bonchev–Trinajstić information content (AvgIpc) is 3.03. The second-order valence-corrected chi connectivity index (χ2v) is 5.80. The van der Waals surface area contributed by atoms with Gasteiger partial charge in [0.05, 0.1) is 16.3 Å². The highest BCUT2D eigenvalue weighted by atomic mass is 32.1. The minimum Gasteiger partial charge on any atom is -0.290 e. The number of carbonyl (C=O) groups excluding carboxylic acids is 1. The number of carbonyl (C=O) groups is 1. The molecular weight excluding hydrogens is 284 g/mol. The van der Waals surface area contributed by atoms with Gasteiger partial charge < -0.3 is 0 Å². The molecule has 0 radical (unpaired) electrons. The van der Waals surface area contributed by atoms with Crippen LogP contribution >= 0.6 is 11.3 Å². The monoisotopic (exact) mass is 296 g/mol. The van der Waals surface area contributed by atoms with E-state index in [1.165, 1.54) is 11.3 Å². The van der Waals surface area contributed by atoms with Crippen LogP contribution in [0.4, 0.5) is 0 Å². The van der Waals surface area contributed by atoms with Gasteiger partial charge in [0.15, 0.2) is 5.92 Å². The maximum atomic E-state index is 12.5. The zero-order valence-corrected chi connectivity index (χ0v) is 12.4. The van der Waals surface area contributed by atoms with Gasteiger partial charge in [0, 0.05) is 12.7 Å². The molecule has 0 fully saturated rings. The van der Waals surface area contributed by atoms with E-state index in [2.05, 4.69) is 16.2 Å². The Bertz CT molecular complexity index is 819. The van der Waals surface area contributed by atoms with Gasteiger partial charge in [-0.25, -0.2) is 4.98 Å². The van der Waals surface area contributed by atoms with Crippen LogP contribution < -0.4 is 0 Å². The van der Waals surface area contributed by atoms with E-state index in [0.29, 0.717) is 10.7 Å². The lowest BCUT2D eigenvalue weighted by Crippen LogP contribution is -2.12. The smallest absolute Gasteiger partial charge is 0.207 e. The Balaban J connectivity index is 2.01. The van der Waals surface area contributed by atoms with Crippen LogP contribution in [0.15, 0.2) is 30.3 Å². The van der Waals surface area contributed by atoms with E-state index in [-0.39, 0.29) is 5.78 Å². The van der Waals surface area contributed by atoms with Crippen LogP contribution in [0, 0.1) is 18.3 Å². The van der Waals surface area contributed by atoms with E-state index in [1.54, 1.807) is 17.8 Å². The van der Waals surface area contributed by atoms with Crippen molar-refractivity contribution in [3.8, 4) is 6.07 Å². The molecule has 1 atom stereocenters. The average molecular weight is 296 g/mol. The molecule has 0 saturated heterocycles. The Hall–Kier alpha value is -2.52. The van der Waals surface area contributed by atoms with Crippen molar-refractivity contribution in [2.24, 2.45) is 7.05 Å². The highest BCUT2D eigenvalue weighted by Crippen LogP contribution is 2.29. The minimum absolute atomic E-state index is 0.305. The molecule has 0 amide bonds. The first-order valence-corrected chi connectivity index (χ1v) is 7.21. The largest absolute Gasteiger partial charge is 0.290 e. The first kappa shape index (κ1) is 13.5. The van der Waals surface area contributed by atoms with Crippen LogP contribution in [0.1, 0.15) is 27.1 Å². The summed E-state index contributed by atoms with van der Waals surface area (Å²) in [6, 6.07) is 11.4. The third-order valence-electron chi connectivity index (χ3n) is 3.31. The fourth-order valence-electron chi connectivity index (χ4n) is 2.07. The number of Topliss-reactive ketones (excluding diaryl/α,β-unsaturated/α-hetero) is 1. The Labute approximate surface area is 125 Å². The van der Waals surface area contributed by atoms with Gasteiger partial charge in [0.25, 0.3) is 0 Å². The molecule has 21 heavy (non-hydrogen) atoms. The van der Waals surface area contributed by atoms with Gasteiger partial charge in [0.2, 0.25) is 5.78 Å². The SMILES string of the molecule is Cc1cc(C(=O)C(C#N)c2nc3ccccc3s2)nn1C. The van der Waals surface area contributed by atoms with Crippen LogP contribution in [0.5, 0.6) is 0 Å². The number of thiazole rings is 1. The van der Waals surface area contributed by atoms with Gasteiger partial charge in [-0.15, -0.1) is 11.3 Å². The first-order valence-electron chi connectivity index (χ1n) is 6.40. The predicted molar refractivity (Wildman–Crippen MR) is 80.2 cm³/mol. The zero-order valence-electron chi connectivity index (χ0n) is 11.6. The Morgan fingerprint density at radius 2 is 2.19 bits per heavy atom. The number of nitrogens with zero attached hydrogens (tertiary/aromatic N) is 4. The highest BCUT2D eigenvalue weighted by molar-refractivity contribution is 7.18. The molecule has 5 nitrogen and oxygen atoms in total. The zero-order chi connectivity index (χ0) is 15.0. The van der Waals surface area contributed by atoms with Gasteiger partial charge in [-0.2, -0.15) is 10.4 Å². The molecule has 0 saturated carbocycles. The van der Waals surface area contributed by atoms with Crippen LogP contribution in [-0.2, 0) is 7.05 Å². The number of para-hydroxylation sites is 1. The molecule has 1 aromatic carbocycles. The number of aryl methyl sites for hydroxylation is 2. The maximum absolute atomic E-state index is 12.5. The fourth-order valence-corrected chi connectivity index (χ4v) is 3.08. The molecule has 2 aromatic heterocycles. The number of fused-ring (bicyclic) bond motifs is 1. The number of rotatable bonds is 3. The Kier molecular flexibility index (Phi) is 3.28. The van der Waals surface area contributed by atoms with Crippen LogP contribution in [-0.4, -0.2) is 20.5 Å². The van der Waals surface area contributed by atoms with Crippen LogP contribution in [0.3, 0.4) is 0 Å². The van der Waals surface area contributed by atoms with Gasteiger partial charge >= 0.3 is 0 Å². The fraction of sp³-hybridized carbons (Fsp3) is 0.200. The minimum atomic E-state index is -0.906. The summed E-state index contributed by atoms with van der Waals surface area (Å²) in [5.41, 5.74) is 1.99. The molecule has 0 aliphatic heterocycles. The molecule has 6 heteroatoms. The standard InChI is InChI=1S/C15H12N4OS/c1-9-7-12(18-19(9)2)14(20)10(8-16)15-17-11-5-3-4-6-13(11)21-15/h3-7,10H,1-2H3. The number of nitriles is 1. The molecule has 0 aliphatic rings. The van der Waals surface area contributed by atoms with Gasteiger partial charge in [-0.3, -0.25) is 9.48 Å². The maximum Gasteiger partial charge on any atom is 0.207 e. The molecule has 3 aromatic rings. The van der Waals surface area contributed by atoms with Crippen molar-refractivity contribution < 1.29 is 4.79 Å². The van der Waals surface area contributed by atoms with Gasteiger partial charge in [0.1, 0.15) is 10.7 Å². The van der Waals surface area contributed by atoms with Crippen molar-refractivity contribution in [2.45, 2.75) is 12.8 Å². The summed E-state index contributed by atoms with van der Waals surface area (Å²) in [4.78, 5) is 16.9. The number of hydrogen-bond donors (Lipinski definition) is 0. The summed E-state index contributed by atoms with van der Waals surface area (Å²) in [5.74, 6) is -1.21. The summed E-state index contributed by atoms with van der Waals surface area (Å²) in [7, 11) is 1.77. The third kappa shape index (κ3) is 2.32. The van der Waals surface area contributed by atoms with Crippen molar-refractivity contribution in [3.63, 3.8) is 0 Å². The molecule has 0 spiro atoms. The molecular formula is C15H12N4OS. The van der Waals surface area contributed by atoms with Crippen molar-refractivity contribution >= 4 is 27.3 Å². The quantitative estimate of drug-likeness (QED) is 0.697. The molecule has 0 aliphatic carbocycles. The lowest BCUT2D eigenvalue weighted by atomic mass is 10.0. The first-order chi connectivity index (χ1) is 10.1. The van der Waals surface area contributed by atoms with E-state index in [4.69, 9.17) is 0 Å². The lowest BCUT2D eigenvalue weighted by Gasteiger charge is -2.01. The van der Waals surface area contributed by atoms with E-state index < -0.39 is 5.92 Å². The van der Waals surface area contributed by atoms with E-state index in [9.17, 15) is 10.1 Å². The van der Waals surface area contributed by atoms with E-state index >= 15 is 0 Å². The number of benzene rings is 1. The second kappa shape index (κ2) is 5.11. The van der Waals surface area contributed by atoms with Crippen LogP contribution in [0.2, 0.25) is 0 Å². The molecule has 3 rings (SSSR count). The summed E-state index contributed by atoms with van der Waals surface area (Å²) in [6.45, 7) is 1.86. The summed E-state index contributed by atoms with van der Waals surface area (Å²) in [5, 5.41) is 14.0. The number of hydrogen-bond acceptors (Lipinski definition) is 5. The number of aromatic nitrogens is 3. The Morgan fingerprint density at radius 1 is 1.43 bits per heavy atom. The van der Waals surface area contributed by atoms with Crippen LogP contribution in [0.25, 0.3) is 10.2 Å². The summed E-state index contributed by atoms with van der Waals surface area (Å²) >= 11 is 1.37. The van der Waals surface area contributed by atoms with E-state index in [1.807, 2.05) is 31.2 Å². The van der Waals surface area contributed by atoms with Gasteiger partial charge in [-0.1, -0.05) is 12.1 Å². The third-order valence-corrected chi connectivity index (χ3v) is 4.42. The second-order valence-electron chi connectivity index (χ2n) is 4.74. The lowest BCUT2D eigenvalue weighted by molar-refractivity contribution is 0.0973. The van der Waals surface area contributed by atoms with Crippen molar-refractivity contribution in [3.05, 3.63) is 46.7 Å². The normalized spacial score (nSPS) is 12.2. The molecule has 2 heterocycles. The van der Waals surface area contributed by atoms with Gasteiger partial charge in [-0.05, 0) is 25.1 Å². The predicted octanol–water partition coefficient (Wildman–Crippen LogP) is 2.83. The molecule has 0 bridgehead atoms. The molecule has 0 N–H and O–H groups in total. The van der Waals surface area contributed by atoms with E-state index in [0.717, 1.165) is 15.9 Å². The number of ketones is 1. The molecule has 1 unspecified atom stereocenters. The summed E-state index contributed by atoms with van der Waals surface area (Å²) < 4.78 is 2.60. The van der Waals surface area contributed by atoms with Crippen molar-refractivity contribution in [1.82, 2.24) is 14.8 Å². The van der Waals surface area contributed by atoms with Crippen molar-refractivity contribution in [2.75, 3.05) is 0 Å².